The smallest absolute Gasteiger partial charge is 0.261 e. The topological polar surface area (TPSA) is 53.6 Å². The molecule has 2 aromatic carbocycles. The summed E-state index contributed by atoms with van der Waals surface area (Å²) >= 11 is 8.64. The predicted molar refractivity (Wildman–Crippen MR) is 117 cm³/mol. The number of thiocarbonyl (C=S) groups is 1. The molecular formula is C20H22BrN3O2S. The number of carbonyl (C=O) groups excluding carboxylic acids is 1. The fourth-order valence-corrected chi connectivity index (χ4v) is 3.67. The van der Waals surface area contributed by atoms with Crippen LogP contribution in [-0.4, -0.2) is 31.2 Å². The Morgan fingerprint density at radius 3 is 2.48 bits per heavy atom. The molecule has 7 heteroatoms. The number of anilines is 2. The van der Waals surface area contributed by atoms with Crippen molar-refractivity contribution in [2.75, 3.05) is 30.4 Å². The number of nitrogens with zero attached hydrogens (tertiary/aromatic N) is 1. The molecule has 1 aliphatic rings. The maximum Gasteiger partial charge on any atom is 0.261 e. The second-order valence-corrected chi connectivity index (χ2v) is 7.67. The molecule has 2 N–H and O–H groups in total. The van der Waals surface area contributed by atoms with E-state index in [1.54, 1.807) is 12.1 Å². The molecule has 0 aromatic heterocycles. The highest BCUT2D eigenvalue weighted by Gasteiger charge is 2.15. The SMILES string of the molecule is COc1ccc(Br)cc1C(=O)NC(=S)Nc1ccc(N2CCCCC2)cc1. The first kappa shape index (κ1) is 19.6. The van der Waals surface area contributed by atoms with Crippen LogP contribution in [0.4, 0.5) is 11.4 Å². The van der Waals surface area contributed by atoms with E-state index in [0.717, 1.165) is 23.2 Å². The third-order valence-corrected chi connectivity index (χ3v) is 5.18. The van der Waals surface area contributed by atoms with Crippen LogP contribution in [-0.2, 0) is 0 Å². The van der Waals surface area contributed by atoms with Gasteiger partial charge in [0, 0.05) is 28.9 Å². The van der Waals surface area contributed by atoms with Gasteiger partial charge in [-0.15, -0.1) is 0 Å². The highest BCUT2D eigenvalue weighted by atomic mass is 79.9. The van der Waals surface area contributed by atoms with Crippen LogP contribution in [0.2, 0.25) is 0 Å². The van der Waals surface area contributed by atoms with Crippen LogP contribution >= 0.6 is 28.1 Å². The number of hydrogen-bond acceptors (Lipinski definition) is 4. The molecular weight excluding hydrogens is 426 g/mol. The third-order valence-electron chi connectivity index (χ3n) is 4.48. The molecule has 1 amide bonds. The van der Waals surface area contributed by atoms with Gasteiger partial charge in [-0.25, -0.2) is 0 Å². The van der Waals surface area contributed by atoms with Crippen LogP contribution < -0.4 is 20.3 Å². The Kier molecular flexibility index (Phi) is 6.68. The highest BCUT2D eigenvalue weighted by molar-refractivity contribution is 9.10. The van der Waals surface area contributed by atoms with Gasteiger partial charge in [0.15, 0.2) is 5.11 Å². The van der Waals surface area contributed by atoms with Crippen LogP contribution in [0.15, 0.2) is 46.9 Å². The van der Waals surface area contributed by atoms with Crippen LogP contribution in [0, 0.1) is 0 Å². The lowest BCUT2D eigenvalue weighted by Crippen LogP contribution is -2.34. The van der Waals surface area contributed by atoms with Gasteiger partial charge in [0.25, 0.3) is 5.91 Å². The fourth-order valence-electron chi connectivity index (χ4n) is 3.10. The van der Waals surface area contributed by atoms with Gasteiger partial charge in [-0.2, -0.15) is 0 Å². The monoisotopic (exact) mass is 447 g/mol. The molecule has 27 heavy (non-hydrogen) atoms. The number of hydrogen-bond donors (Lipinski definition) is 2. The summed E-state index contributed by atoms with van der Waals surface area (Å²) in [6, 6.07) is 13.4. The van der Waals surface area contributed by atoms with Crippen LogP contribution in [0.25, 0.3) is 0 Å². The van der Waals surface area contributed by atoms with Crippen molar-refractivity contribution in [1.82, 2.24) is 5.32 Å². The van der Waals surface area contributed by atoms with Crippen molar-refractivity contribution < 1.29 is 9.53 Å². The maximum absolute atomic E-state index is 12.5. The predicted octanol–water partition coefficient (Wildman–Crippen LogP) is 4.57. The van der Waals surface area contributed by atoms with Crippen molar-refractivity contribution in [2.24, 2.45) is 0 Å². The van der Waals surface area contributed by atoms with Gasteiger partial charge in [-0.05, 0) is 73.9 Å². The van der Waals surface area contributed by atoms with Crippen molar-refractivity contribution in [3.63, 3.8) is 0 Å². The van der Waals surface area contributed by atoms with Crippen molar-refractivity contribution in [3.05, 3.63) is 52.5 Å². The van der Waals surface area contributed by atoms with E-state index < -0.39 is 0 Å². The molecule has 0 bridgehead atoms. The van der Waals surface area contributed by atoms with Crippen molar-refractivity contribution in [2.45, 2.75) is 19.3 Å². The molecule has 0 radical (unpaired) electrons. The normalized spacial score (nSPS) is 13.8. The number of halogens is 1. The van der Waals surface area contributed by atoms with Gasteiger partial charge in [0.05, 0.1) is 12.7 Å². The first-order valence-corrected chi connectivity index (χ1v) is 10.1. The summed E-state index contributed by atoms with van der Waals surface area (Å²) in [4.78, 5) is 14.9. The summed E-state index contributed by atoms with van der Waals surface area (Å²) in [5.74, 6) is 0.167. The summed E-state index contributed by atoms with van der Waals surface area (Å²) in [6.07, 6.45) is 3.80. The number of methoxy groups -OCH3 is 1. The molecule has 1 heterocycles. The first-order valence-electron chi connectivity index (χ1n) is 8.88. The Morgan fingerprint density at radius 2 is 1.81 bits per heavy atom. The Labute approximate surface area is 173 Å². The highest BCUT2D eigenvalue weighted by Crippen LogP contribution is 2.23. The second kappa shape index (κ2) is 9.19. The lowest BCUT2D eigenvalue weighted by Gasteiger charge is -2.28. The first-order chi connectivity index (χ1) is 13.1. The number of rotatable bonds is 4. The van der Waals surface area contributed by atoms with Gasteiger partial charge in [-0.3, -0.25) is 10.1 Å². The summed E-state index contributed by atoms with van der Waals surface area (Å²) in [5, 5.41) is 5.99. The Bertz CT molecular complexity index is 820. The third kappa shape index (κ3) is 5.20. The molecule has 142 valence electrons. The molecule has 0 spiro atoms. The van der Waals surface area contributed by atoms with Gasteiger partial charge < -0.3 is 15.0 Å². The number of benzene rings is 2. The largest absolute Gasteiger partial charge is 0.496 e. The lowest BCUT2D eigenvalue weighted by atomic mass is 10.1. The van der Waals surface area contributed by atoms with E-state index in [1.807, 2.05) is 18.2 Å². The van der Waals surface area contributed by atoms with Gasteiger partial charge in [0.1, 0.15) is 5.75 Å². The van der Waals surface area contributed by atoms with Crippen LogP contribution in [0.5, 0.6) is 5.75 Å². The number of amides is 1. The van der Waals surface area contributed by atoms with E-state index in [1.165, 1.54) is 32.1 Å². The molecule has 0 unspecified atom stereocenters. The Balaban J connectivity index is 1.60. The zero-order valence-electron chi connectivity index (χ0n) is 15.1. The molecule has 0 aliphatic carbocycles. The van der Waals surface area contributed by atoms with Crippen molar-refractivity contribution in [3.8, 4) is 5.75 Å². The van der Waals surface area contributed by atoms with Crippen LogP contribution in [0.3, 0.4) is 0 Å². The van der Waals surface area contributed by atoms with E-state index in [9.17, 15) is 4.79 Å². The zero-order valence-corrected chi connectivity index (χ0v) is 17.5. The number of nitrogens with one attached hydrogen (secondary N) is 2. The van der Waals surface area contributed by atoms with Gasteiger partial charge >= 0.3 is 0 Å². The van der Waals surface area contributed by atoms with E-state index in [2.05, 4.69) is 43.6 Å². The van der Waals surface area contributed by atoms with Crippen LogP contribution in [0.1, 0.15) is 29.6 Å². The summed E-state index contributed by atoms with van der Waals surface area (Å²) in [5.41, 5.74) is 2.47. The van der Waals surface area contributed by atoms with Gasteiger partial charge in [-0.1, -0.05) is 15.9 Å². The molecule has 1 saturated heterocycles. The molecule has 0 atom stereocenters. The number of ether oxygens (including phenoxy) is 1. The maximum atomic E-state index is 12.5. The minimum Gasteiger partial charge on any atom is -0.496 e. The molecule has 1 fully saturated rings. The van der Waals surface area contributed by atoms with Crippen molar-refractivity contribution >= 4 is 50.5 Å². The van der Waals surface area contributed by atoms with E-state index in [4.69, 9.17) is 17.0 Å². The summed E-state index contributed by atoms with van der Waals surface area (Å²) < 4.78 is 6.03. The summed E-state index contributed by atoms with van der Waals surface area (Å²) in [7, 11) is 1.53. The molecule has 2 aromatic rings. The standard InChI is InChI=1S/C20H22BrN3O2S/c1-26-18-10-5-14(21)13-17(18)19(25)23-20(27)22-15-6-8-16(9-7-15)24-11-3-2-4-12-24/h5-10,13H,2-4,11-12H2,1H3,(H2,22,23,25,27). The average molecular weight is 448 g/mol. The van der Waals surface area contributed by atoms with Gasteiger partial charge in [0.2, 0.25) is 0 Å². The second-order valence-electron chi connectivity index (χ2n) is 6.35. The van der Waals surface area contributed by atoms with E-state index in [0.29, 0.717) is 11.3 Å². The molecule has 0 saturated carbocycles. The fraction of sp³-hybridized carbons (Fsp3) is 0.300. The zero-order chi connectivity index (χ0) is 19.2. The number of carbonyl (C=O) groups is 1. The minimum absolute atomic E-state index is 0.243. The molecule has 1 aliphatic heterocycles. The minimum atomic E-state index is -0.324. The quantitative estimate of drug-likeness (QED) is 0.671. The summed E-state index contributed by atoms with van der Waals surface area (Å²) in [6.45, 7) is 2.21. The molecule has 3 rings (SSSR count). The average Bonchev–Trinajstić information content (AvgIpc) is 2.69. The molecule has 5 nitrogen and oxygen atoms in total. The number of piperidine rings is 1. The van der Waals surface area contributed by atoms with E-state index in [-0.39, 0.29) is 11.0 Å². The Hall–Kier alpha value is -2.12. The lowest BCUT2D eigenvalue weighted by molar-refractivity contribution is 0.0974. The van der Waals surface area contributed by atoms with E-state index >= 15 is 0 Å². The van der Waals surface area contributed by atoms with Crippen molar-refractivity contribution in [1.29, 1.82) is 0 Å². The Morgan fingerprint density at radius 1 is 1.11 bits per heavy atom.